The molecule has 0 radical (unpaired) electrons. The molecule has 2 heterocycles. The van der Waals surface area contributed by atoms with Gasteiger partial charge in [-0.1, -0.05) is 24.3 Å². The highest BCUT2D eigenvalue weighted by atomic mass is 32.1. The molecule has 2 amide bonds. The Labute approximate surface area is 186 Å². The van der Waals surface area contributed by atoms with Crippen LogP contribution in [0.4, 0.5) is 0 Å². The Bertz CT molecular complexity index is 886. The number of aliphatic hydroxyl groups is 1. The number of rotatable bonds is 9. The van der Waals surface area contributed by atoms with Crippen molar-refractivity contribution in [3.63, 3.8) is 0 Å². The topological polar surface area (TPSA) is 95.0 Å². The van der Waals surface area contributed by atoms with E-state index in [4.69, 9.17) is 4.74 Å². The summed E-state index contributed by atoms with van der Waals surface area (Å²) >= 11 is 1.60. The Morgan fingerprint density at radius 1 is 1.35 bits per heavy atom. The molecule has 3 rings (SSSR count). The molecule has 0 saturated carbocycles. The quantitative estimate of drug-likeness (QED) is 0.603. The maximum atomic E-state index is 12.8. The number of nitrogens with one attached hydrogen (secondary N) is 1. The van der Waals surface area contributed by atoms with Crippen LogP contribution in [-0.2, 0) is 20.9 Å². The number of likely N-dealkylation sites (N-methyl/N-ethyl adjacent to an activating group) is 1. The Morgan fingerprint density at radius 2 is 2.10 bits per heavy atom. The van der Waals surface area contributed by atoms with Gasteiger partial charge >= 0.3 is 0 Å². The maximum Gasteiger partial charge on any atom is 0.243 e. The number of β-amino-alcohol motifs (C(OH)–C–C–N with tert-alkyl or cyclic N) is 1. The highest BCUT2D eigenvalue weighted by Crippen LogP contribution is 2.27. The zero-order valence-corrected chi connectivity index (χ0v) is 19.0. The van der Waals surface area contributed by atoms with E-state index >= 15 is 0 Å². The van der Waals surface area contributed by atoms with E-state index in [2.05, 4.69) is 10.3 Å². The third-order valence-electron chi connectivity index (χ3n) is 5.41. The summed E-state index contributed by atoms with van der Waals surface area (Å²) in [7, 11) is 3.44. The second-order valence-corrected chi connectivity index (χ2v) is 8.72. The number of carbonyl (C=O) groups excluding carboxylic acids is 2. The Kier molecular flexibility index (Phi) is 8.14. The van der Waals surface area contributed by atoms with Crippen LogP contribution < -0.4 is 5.32 Å². The lowest BCUT2D eigenvalue weighted by Gasteiger charge is -2.26. The number of aromatic nitrogens is 1. The lowest BCUT2D eigenvalue weighted by Crippen LogP contribution is -2.48. The maximum absolute atomic E-state index is 12.8. The van der Waals surface area contributed by atoms with Gasteiger partial charge in [0.2, 0.25) is 11.8 Å². The van der Waals surface area contributed by atoms with Gasteiger partial charge in [0.1, 0.15) is 6.04 Å². The number of benzene rings is 1. The molecule has 0 spiro atoms. The summed E-state index contributed by atoms with van der Waals surface area (Å²) in [5.74, 6) is -0.411. The van der Waals surface area contributed by atoms with E-state index < -0.39 is 12.1 Å². The number of thiazole rings is 1. The number of carbonyl (C=O) groups is 2. The third kappa shape index (κ3) is 6.10. The summed E-state index contributed by atoms with van der Waals surface area (Å²) in [5.41, 5.74) is 4.90. The molecule has 31 heavy (non-hydrogen) atoms. The Morgan fingerprint density at radius 3 is 2.74 bits per heavy atom. The number of hydrogen-bond acceptors (Lipinski definition) is 7. The summed E-state index contributed by atoms with van der Waals surface area (Å²) < 4.78 is 5.03. The molecule has 0 bridgehead atoms. The number of methoxy groups -OCH3 is 1. The van der Waals surface area contributed by atoms with Gasteiger partial charge in [0.25, 0.3) is 0 Å². The predicted octanol–water partition coefficient (Wildman–Crippen LogP) is 1.27. The Hall–Kier alpha value is -2.33. The van der Waals surface area contributed by atoms with Crippen LogP contribution in [0.5, 0.6) is 0 Å². The fraction of sp³-hybridized carbons (Fsp3) is 0.500. The van der Waals surface area contributed by atoms with Crippen LogP contribution in [0.15, 0.2) is 29.8 Å². The molecule has 1 fully saturated rings. The van der Waals surface area contributed by atoms with Crippen LogP contribution in [0.2, 0.25) is 0 Å². The van der Waals surface area contributed by atoms with Crippen LogP contribution in [-0.4, -0.2) is 84.2 Å². The van der Waals surface area contributed by atoms with Crippen molar-refractivity contribution in [3.05, 3.63) is 41.0 Å². The molecule has 2 N–H and O–H groups in total. The predicted molar refractivity (Wildman–Crippen MR) is 120 cm³/mol. The molecule has 1 aromatic heterocycles. The zero-order chi connectivity index (χ0) is 22.4. The number of likely N-dealkylation sites (tertiary alicyclic amines) is 1. The number of nitrogens with zero attached hydrogens (tertiary/aromatic N) is 3. The van der Waals surface area contributed by atoms with E-state index in [0.717, 1.165) is 21.7 Å². The number of aryl methyl sites for hydroxylation is 1. The Balaban J connectivity index is 1.56. The highest BCUT2D eigenvalue weighted by molar-refractivity contribution is 7.13. The van der Waals surface area contributed by atoms with Crippen LogP contribution in [0, 0.1) is 6.92 Å². The average molecular weight is 447 g/mol. The van der Waals surface area contributed by atoms with E-state index in [9.17, 15) is 14.7 Å². The summed E-state index contributed by atoms with van der Waals surface area (Å²) in [6.07, 6.45) is -0.436. The molecule has 0 aliphatic carbocycles. The minimum Gasteiger partial charge on any atom is -0.391 e. The van der Waals surface area contributed by atoms with Crippen LogP contribution in [0.25, 0.3) is 10.4 Å². The van der Waals surface area contributed by atoms with Crippen molar-refractivity contribution in [2.75, 3.05) is 40.4 Å². The van der Waals surface area contributed by atoms with Crippen LogP contribution in [0.3, 0.4) is 0 Å². The van der Waals surface area contributed by atoms with Gasteiger partial charge in [-0.2, -0.15) is 0 Å². The van der Waals surface area contributed by atoms with E-state index in [-0.39, 0.29) is 31.3 Å². The average Bonchev–Trinajstić information content (AvgIpc) is 3.36. The van der Waals surface area contributed by atoms with Crippen molar-refractivity contribution in [1.29, 1.82) is 0 Å². The fourth-order valence-corrected chi connectivity index (χ4v) is 4.46. The molecule has 168 valence electrons. The molecule has 1 aromatic carbocycles. The molecule has 2 atom stereocenters. The lowest BCUT2D eigenvalue weighted by atomic mass is 10.1. The van der Waals surface area contributed by atoms with Gasteiger partial charge in [-0.05, 0) is 25.1 Å². The van der Waals surface area contributed by atoms with E-state index in [0.29, 0.717) is 19.7 Å². The summed E-state index contributed by atoms with van der Waals surface area (Å²) in [5, 5.41) is 13.0. The molecule has 1 aliphatic heterocycles. The number of hydrogen-bond donors (Lipinski definition) is 2. The molecule has 8 nitrogen and oxygen atoms in total. The van der Waals surface area contributed by atoms with E-state index in [1.54, 1.807) is 18.4 Å². The third-order valence-corrected chi connectivity index (χ3v) is 6.39. The lowest BCUT2D eigenvalue weighted by molar-refractivity contribution is -0.139. The molecule has 0 unspecified atom stereocenters. The monoisotopic (exact) mass is 446 g/mol. The molecular weight excluding hydrogens is 416 g/mol. The van der Waals surface area contributed by atoms with Gasteiger partial charge in [0, 0.05) is 33.2 Å². The number of ether oxygens (including phenoxy) is 1. The van der Waals surface area contributed by atoms with Crippen molar-refractivity contribution in [3.8, 4) is 10.4 Å². The second-order valence-electron chi connectivity index (χ2n) is 7.86. The number of amides is 2. The summed E-state index contributed by atoms with van der Waals surface area (Å²) in [6, 6.07) is 7.34. The van der Waals surface area contributed by atoms with Crippen molar-refractivity contribution in [2.45, 2.75) is 32.0 Å². The van der Waals surface area contributed by atoms with Crippen molar-refractivity contribution < 1.29 is 19.4 Å². The van der Waals surface area contributed by atoms with Gasteiger partial charge in [-0.15, -0.1) is 11.3 Å². The minimum absolute atomic E-state index is 0.167. The molecule has 2 aromatic rings. The van der Waals surface area contributed by atoms with E-state index in [1.807, 2.05) is 48.6 Å². The first-order chi connectivity index (χ1) is 14.9. The first-order valence-corrected chi connectivity index (χ1v) is 11.2. The molecular formula is C22H30N4O4S. The zero-order valence-electron chi connectivity index (χ0n) is 18.2. The first-order valence-electron chi connectivity index (χ1n) is 10.3. The molecule has 9 heteroatoms. The number of aliphatic hydroxyl groups excluding tert-OH is 1. The standard InChI is InChI=1S/C22H30N4O4S/c1-15-21(31-14-24-15)17-6-4-16(5-7-17)11-23-22(29)19-10-18(27)12-26(19)20(28)13-25(2)8-9-30-3/h4-7,14,18-19,27H,8-13H2,1-3H3,(H,23,29)/t18-,19+/m1/s1. The summed E-state index contributed by atoms with van der Waals surface area (Å²) in [4.78, 5) is 34.2. The normalized spacial score (nSPS) is 18.5. The van der Waals surface area contributed by atoms with Crippen molar-refractivity contribution in [2.24, 2.45) is 0 Å². The first kappa shape index (κ1) is 23.3. The van der Waals surface area contributed by atoms with Gasteiger partial charge in [-0.25, -0.2) is 4.98 Å². The van der Waals surface area contributed by atoms with Crippen molar-refractivity contribution in [1.82, 2.24) is 20.1 Å². The SMILES string of the molecule is COCCN(C)CC(=O)N1C[C@H](O)C[C@H]1C(=O)NCc1ccc(-c2scnc2C)cc1. The highest BCUT2D eigenvalue weighted by Gasteiger charge is 2.38. The minimum atomic E-state index is -0.689. The largest absolute Gasteiger partial charge is 0.391 e. The van der Waals surface area contributed by atoms with Crippen molar-refractivity contribution >= 4 is 23.2 Å². The van der Waals surface area contributed by atoms with Crippen LogP contribution in [0.1, 0.15) is 17.7 Å². The van der Waals surface area contributed by atoms with Gasteiger partial charge in [0.15, 0.2) is 0 Å². The molecule has 1 saturated heterocycles. The van der Waals surface area contributed by atoms with Gasteiger partial charge < -0.3 is 20.1 Å². The van der Waals surface area contributed by atoms with Gasteiger partial charge in [0.05, 0.1) is 35.3 Å². The smallest absolute Gasteiger partial charge is 0.243 e. The second kappa shape index (κ2) is 10.8. The molecule has 1 aliphatic rings. The fourth-order valence-electron chi connectivity index (χ4n) is 3.65. The van der Waals surface area contributed by atoms with Gasteiger partial charge in [-0.3, -0.25) is 14.5 Å². The van der Waals surface area contributed by atoms with E-state index in [1.165, 1.54) is 4.90 Å². The summed E-state index contributed by atoms with van der Waals surface area (Å²) in [6.45, 7) is 3.85. The van der Waals surface area contributed by atoms with Crippen LogP contribution >= 0.6 is 11.3 Å².